The number of hydrogen-bond acceptors (Lipinski definition) is 4. The van der Waals surface area contributed by atoms with Crippen LogP contribution in [0.1, 0.15) is 11.1 Å². The van der Waals surface area contributed by atoms with Crippen molar-refractivity contribution in [1.29, 1.82) is 0 Å². The van der Waals surface area contributed by atoms with E-state index in [1.165, 1.54) is 17.3 Å². The number of benzene rings is 1. The van der Waals surface area contributed by atoms with Crippen LogP contribution in [0.2, 0.25) is 0 Å². The molecule has 0 spiro atoms. The first-order chi connectivity index (χ1) is 8.90. The van der Waals surface area contributed by atoms with Gasteiger partial charge >= 0.3 is 0 Å². The molecule has 0 amide bonds. The van der Waals surface area contributed by atoms with Crippen LogP contribution in [0.15, 0.2) is 34.3 Å². The third-order valence-electron chi connectivity index (χ3n) is 2.53. The monoisotopic (exact) mass is 462 g/mol. The Bertz CT molecular complexity index is 526. The number of thioether (sulfide) groups is 1. The first-order valence-corrected chi connectivity index (χ1v) is 7.86. The molecular weight excluding hydrogens is 451 g/mol. The Labute approximate surface area is 154 Å². The Kier molecular flexibility index (Phi) is 6.92. The zero-order valence-electron chi connectivity index (χ0n) is 10.7. The molecule has 0 aliphatic carbocycles. The Hall–Kier alpha value is 0.310. The minimum Gasteiger partial charge on any atom is -1.00 e. The lowest BCUT2D eigenvalue weighted by Gasteiger charge is -2.24. The van der Waals surface area contributed by atoms with E-state index in [0.29, 0.717) is 11.0 Å². The summed E-state index contributed by atoms with van der Waals surface area (Å²) in [5, 5.41) is 3.81. The molecule has 0 fully saturated rings. The lowest BCUT2D eigenvalue weighted by atomic mass is 10.1. The van der Waals surface area contributed by atoms with Gasteiger partial charge in [0, 0.05) is 5.56 Å². The van der Waals surface area contributed by atoms with Gasteiger partial charge in [0.15, 0.2) is 11.3 Å². The van der Waals surface area contributed by atoms with Crippen molar-refractivity contribution in [1.82, 2.24) is 5.32 Å². The van der Waals surface area contributed by atoms with E-state index in [4.69, 9.17) is 34.8 Å². The summed E-state index contributed by atoms with van der Waals surface area (Å²) in [7, 11) is 0. The van der Waals surface area contributed by atoms with Crippen molar-refractivity contribution in [3.05, 3.63) is 35.4 Å². The molecular formula is C12H12Cl3IN3S-. The molecule has 1 aromatic rings. The number of alkyl halides is 3. The lowest BCUT2D eigenvalue weighted by molar-refractivity contribution is -0.00000382. The van der Waals surface area contributed by atoms with Gasteiger partial charge in [-0.3, -0.25) is 0 Å². The average Bonchev–Trinajstić information content (AvgIpc) is 2.38. The topological polar surface area (TPSA) is 36.8 Å². The van der Waals surface area contributed by atoms with E-state index in [-0.39, 0.29) is 24.0 Å². The molecule has 0 bridgehead atoms. The van der Waals surface area contributed by atoms with Crippen molar-refractivity contribution in [2.45, 2.75) is 16.9 Å². The summed E-state index contributed by atoms with van der Waals surface area (Å²) in [4.78, 5) is 8.61. The summed E-state index contributed by atoms with van der Waals surface area (Å²) in [6.45, 7) is 2.03. The van der Waals surface area contributed by atoms with Crippen molar-refractivity contribution >= 4 is 57.6 Å². The predicted octanol–water partition coefficient (Wildman–Crippen LogP) is 0.764. The summed E-state index contributed by atoms with van der Waals surface area (Å²) in [5.41, 5.74) is 2.11. The molecule has 1 N–H and O–H groups in total. The van der Waals surface area contributed by atoms with Crippen LogP contribution < -0.4 is 29.3 Å². The Morgan fingerprint density at radius 3 is 2.25 bits per heavy atom. The zero-order chi connectivity index (χ0) is 14.0. The van der Waals surface area contributed by atoms with Gasteiger partial charge < -0.3 is 29.3 Å². The molecule has 3 nitrogen and oxygen atoms in total. The minimum absolute atomic E-state index is 0. The van der Waals surface area contributed by atoms with E-state index in [2.05, 4.69) is 15.3 Å². The summed E-state index contributed by atoms with van der Waals surface area (Å²) in [6.07, 6.45) is 1.16. The van der Waals surface area contributed by atoms with E-state index in [1.54, 1.807) is 0 Å². The molecule has 20 heavy (non-hydrogen) atoms. The molecule has 2 rings (SSSR count). The maximum Gasteiger partial charge on any atom is 0.232 e. The van der Waals surface area contributed by atoms with Gasteiger partial charge in [0.1, 0.15) is 5.84 Å². The molecule has 110 valence electrons. The number of rotatable bonds is 1. The number of nitrogens with zero attached hydrogens (tertiary/aromatic N) is 2. The van der Waals surface area contributed by atoms with Gasteiger partial charge in [0.25, 0.3) is 0 Å². The van der Waals surface area contributed by atoms with Crippen molar-refractivity contribution in [2.75, 3.05) is 6.26 Å². The van der Waals surface area contributed by atoms with E-state index in [9.17, 15) is 0 Å². The highest BCUT2D eigenvalue weighted by Crippen LogP contribution is 2.34. The van der Waals surface area contributed by atoms with Gasteiger partial charge in [0.2, 0.25) is 3.79 Å². The molecule has 1 heterocycles. The molecule has 1 aliphatic rings. The minimum atomic E-state index is -1.56. The fourth-order valence-corrected chi connectivity index (χ4v) is 2.23. The van der Waals surface area contributed by atoms with Crippen LogP contribution in [0.5, 0.6) is 0 Å². The van der Waals surface area contributed by atoms with Gasteiger partial charge in [-0.1, -0.05) is 76.4 Å². The number of aliphatic imine (C=N–C) groups is 2. The molecule has 0 radical (unpaired) electrons. The van der Waals surface area contributed by atoms with Crippen LogP contribution in [0.3, 0.4) is 0 Å². The first-order valence-electron chi connectivity index (χ1n) is 5.50. The molecule has 0 aromatic heterocycles. The van der Waals surface area contributed by atoms with Crippen LogP contribution in [0, 0.1) is 6.92 Å². The second-order valence-corrected chi connectivity index (χ2v) is 7.19. The van der Waals surface area contributed by atoms with Gasteiger partial charge in [0.05, 0.1) is 0 Å². The van der Waals surface area contributed by atoms with Crippen molar-refractivity contribution < 1.29 is 24.0 Å². The number of nitrogens with one attached hydrogen (secondary N) is 1. The standard InChI is InChI=1S/C12H12Cl3N3S.HI/c1-7-3-5-8(6-4-7)9-16-10(12(13,14)15)18-11(17-9)19-2;/h3-6,10H,1-2H3,(H,16,17,18);1H/p-1. The number of amidine groups is 2. The highest BCUT2D eigenvalue weighted by Gasteiger charge is 2.35. The highest BCUT2D eigenvalue weighted by molar-refractivity contribution is 8.13. The highest BCUT2D eigenvalue weighted by atomic mass is 127. The maximum atomic E-state index is 5.89. The molecule has 8 heteroatoms. The number of halogens is 4. The normalized spacial score (nSPS) is 18.6. The zero-order valence-corrected chi connectivity index (χ0v) is 15.9. The second kappa shape index (κ2) is 7.54. The first kappa shape index (κ1) is 18.4. The van der Waals surface area contributed by atoms with Crippen molar-refractivity contribution in [3.8, 4) is 0 Å². The van der Waals surface area contributed by atoms with Crippen LogP contribution in [-0.2, 0) is 0 Å². The Morgan fingerprint density at radius 1 is 1.15 bits per heavy atom. The Morgan fingerprint density at radius 2 is 1.75 bits per heavy atom. The lowest BCUT2D eigenvalue weighted by Crippen LogP contribution is -3.00. The molecule has 1 aliphatic heterocycles. The van der Waals surface area contributed by atoms with Crippen LogP contribution in [0.25, 0.3) is 0 Å². The van der Waals surface area contributed by atoms with Crippen LogP contribution in [-0.4, -0.2) is 27.2 Å². The molecule has 0 saturated heterocycles. The van der Waals surface area contributed by atoms with Crippen LogP contribution >= 0.6 is 46.6 Å². The fourth-order valence-electron chi connectivity index (χ4n) is 1.54. The number of aryl methyl sites for hydroxylation is 1. The molecule has 0 saturated carbocycles. The SMILES string of the molecule is CSC1=NC(C(Cl)(Cl)Cl)N=C(c2ccc(C)cc2)N1.[I-]. The smallest absolute Gasteiger partial charge is 0.232 e. The number of hydrogen-bond donors (Lipinski definition) is 1. The van der Waals surface area contributed by atoms with Crippen LogP contribution in [0.4, 0.5) is 0 Å². The van der Waals surface area contributed by atoms with E-state index < -0.39 is 9.96 Å². The fraction of sp³-hybridized carbons (Fsp3) is 0.333. The molecule has 1 aromatic carbocycles. The summed E-state index contributed by atoms with van der Waals surface area (Å²) in [5.74, 6) is 0.663. The van der Waals surface area contributed by atoms with Gasteiger partial charge in [-0.05, 0) is 13.2 Å². The third kappa shape index (κ3) is 4.66. The maximum absolute atomic E-state index is 5.89. The average molecular weight is 464 g/mol. The predicted molar refractivity (Wildman–Crippen MR) is 85.9 cm³/mol. The Balaban J connectivity index is 0.00000200. The molecule has 1 atom stereocenters. The summed E-state index contributed by atoms with van der Waals surface area (Å²) < 4.78 is -1.56. The largest absolute Gasteiger partial charge is 1.00 e. The quantitative estimate of drug-likeness (QED) is 0.494. The van der Waals surface area contributed by atoms with Crippen molar-refractivity contribution in [2.24, 2.45) is 9.98 Å². The van der Waals surface area contributed by atoms with Gasteiger partial charge in [-0.15, -0.1) is 0 Å². The van der Waals surface area contributed by atoms with Gasteiger partial charge in [-0.2, -0.15) is 0 Å². The summed E-state index contributed by atoms with van der Waals surface area (Å²) >= 11 is 19.1. The van der Waals surface area contributed by atoms with E-state index >= 15 is 0 Å². The van der Waals surface area contributed by atoms with E-state index in [1.807, 2.05) is 37.4 Å². The van der Waals surface area contributed by atoms with E-state index in [0.717, 1.165) is 5.56 Å². The third-order valence-corrected chi connectivity index (χ3v) is 3.71. The van der Waals surface area contributed by atoms with Crippen molar-refractivity contribution in [3.63, 3.8) is 0 Å². The summed E-state index contributed by atoms with van der Waals surface area (Å²) in [6, 6.07) is 7.96. The molecule has 1 unspecified atom stereocenters. The van der Waals surface area contributed by atoms with Gasteiger partial charge in [-0.25, -0.2) is 9.98 Å². The second-order valence-electron chi connectivity index (χ2n) is 4.02.